The molecule has 18 heavy (non-hydrogen) atoms. The number of rotatable bonds is 3. The van der Waals surface area contributed by atoms with E-state index < -0.39 is 0 Å². The summed E-state index contributed by atoms with van der Waals surface area (Å²) < 4.78 is 5.51. The SMILES string of the molecule is CCn1ccnc1Cn1ccc2ccc(Br)cc21. The van der Waals surface area contributed by atoms with Crippen LogP contribution in [-0.2, 0) is 13.1 Å². The van der Waals surface area contributed by atoms with Crippen LogP contribution in [0.1, 0.15) is 12.7 Å². The first-order valence-electron chi connectivity index (χ1n) is 6.02. The predicted molar refractivity (Wildman–Crippen MR) is 76.6 cm³/mol. The van der Waals surface area contributed by atoms with Gasteiger partial charge in [-0.3, -0.25) is 0 Å². The minimum absolute atomic E-state index is 0.806. The number of hydrogen-bond donors (Lipinski definition) is 0. The number of fused-ring (bicyclic) bond motifs is 1. The van der Waals surface area contributed by atoms with Crippen molar-refractivity contribution in [2.75, 3.05) is 0 Å². The molecule has 0 spiro atoms. The molecule has 0 aliphatic rings. The lowest BCUT2D eigenvalue weighted by molar-refractivity contribution is 0.661. The first kappa shape index (κ1) is 11.5. The minimum atomic E-state index is 0.806. The molecule has 92 valence electrons. The molecule has 0 N–H and O–H groups in total. The van der Waals surface area contributed by atoms with E-state index in [9.17, 15) is 0 Å². The molecule has 0 aliphatic heterocycles. The zero-order chi connectivity index (χ0) is 12.5. The van der Waals surface area contributed by atoms with Crippen LogP contribution in [0.15, 0.2) is 47.3 Å². The van der Waals surface area contributed by atoms with Gasteiger partial charge in [-0.05, 0) is 30.5 Å². The Labute approximate surface area is 114 Å². The summed E-state index contributed by atoms with van der Waals surface area (Å²) in [5.74, 6) is 1.09. The number of hydrogen-bond acceptors (Lipinski definition) is 1. The summed E-state index contributed by atoms with van der Waals surface area (Å²) in [5, 5.41) is 1.26. The molecule has 0 unspecified atom stereocenters. The van der Waals surface area contributed by atoms with Crippen molar-refractivity contribution in [3.63, 3.8) is 0 Å². The summed E-state index contributed by atoms with van der Waals surface area (Å²) in [6.45, 7) is 3.90. The van der Waals surface area contributed by atoms with E-state index in [1.165, 1.54) is 10.9 Å². The average molecular weight is 304 g/mol. The maximum Gasteiger partial charge on any atom is 0.128 e. The monoisotopic (exact) mass is 303 g/mol. The van der Waals surface area contributed by atoms with E-state index in [2.05, 4.69) is 67.4 Å². The van der Waals surface area contributed by atoms with Crippen LogP contribution in [0.25, 0.3) is 10.9 Å². The maximum atomic E-state index is 4.42. The molecule has 0 amide bonds. The molecule has 2 aromatic heterocycles. The highest BCUT2D eigenvalue weighted by Gasteiger charge is 2.06. The van der Waals surface area contributed by atoms with Gasteiger partial charge in [0.15, 0.2) is 0 Å². The van der Waals surface area contributed by atoms with Crippen molar-refractivity contribution in [1.29, 1.82) is 0 Å². The van der Waals surface area contributed by atoms with E-state index in [1.54, 1.807) is 0 Å². The van der Waals surface area contributed by atoms with Crippen molar-refractivity contribution >= 4 is 26.8 Å². The lowest BCUT2D eigenvalue weighted by Gasteiger charge is -2.07. The third kappa shape index (κ3) is 1.97. The van der Waals surface area contributed by atoms with E-state index in [0.29, 0.717) is 0 Å². The Balaban J connectivity index is 2.02. The fourth-order valence-electron chi connectivity index (χ4n) is 2.23. The molecule has 4 heteroatoms. The zero-order valence-corrected chi connectivity index (χ0v) is 11.8. The Morgan fingerprint density at radius 1 is 1.17 bits per heavy atom. The number of benzene rings is 1. The van der Waals surface area contributed by atoms with Crippen LogP contribution in [0.5, 0.6) is 0 Å². The van der Waals surface area contributed by atoms with Gasteiger partial charge in [-0.25, -0.2) is 4.98 Å². The number of aromatic nitrogens is 3. The smallest absolute Gasteiger partial charge is 0.128 e. The van der Waals surface area contributed by atoms with Crippen LogP contribution < -0.4 is 0 Å². The fourth-order valence-corrected chi connectivity index (χ4v) is 2.58. The van der Waals surface area contributed by atoms with Crippen LogP contribution in [0.4, 0.5) is 0 Å². The first-order valence-corrected chi connectivity index (χ1v) is 6.81. The third-order valence-corrected chi connectivity index (χ3v) is 3.68. The summed E-state index contributed by atoms with van der Waals surface area (Å²) in [6.07, 6.45) is 6.00. The summed E-state index contributed by atoms with van der Waals surface area (Å²) in [7, 11) is 0. The normalized spacial score (nSPS) is 11.2. The van der Waals surface area contributed by atoms with Gasteiger partial charge in [-0.15, -0.1) is 0 Å². The van der Waals surface area contributed by atoms with Gasteiger partial charge < -0.3 is 9.13 Å². The largest absolute Gasteiger partial charge is 0.340 e. The molecule has 0 radical (unpaired) electrons. The molecule has 0 fully saturated rings. The lowest BCUT2D eigenvalue weighted by Crippen LogP contribution is -2.06. The quantitative estimate of drug-likeness (QED) is 0.724. The molecule has 1 aromatic carbocycles. The molecule has 0 saturated carbocycles. The Morgan fingerprint density at radius 3 is 2.89 bits per heavy atom. The van der Waals surface area contributed by atoms with Gasteiger partial charge in [-0.1, -0.05) is 22.0 Å². The highest BCUT2D eigenvalue weighted by Crippen LogP contribution is 2.21. The third-order valence-electron chi connectivity index (χ3n) is 3.19. The molecule has 3 rings (SSSR count). The molecule has 0 aliphatic carbocycles. The summed E-state index contributed by atoms with van der Waals surface area (Å²) >= 11 is 3.52. The van der Waals surface area contributed by atoms with Crippen LogP contribution in [0.2, 0.25) is 0 Å². The Bertz CT molecular complexity index is 681. The second-order valence-electron chi connectivity index (χ2n) is 4.28. The summed E-state index contributed by atoms with van der Waals surface area (Å²) in [5.41, 5.74) is 1.23. The van der Waals surface area contributed by atoms with Crippen LogP contribution >= 0.6 is 15.9 Å². The Hall–Kier alpha value is -1.55. The summed E-state index contributed by atoms with van der Waals surface area (Å²) in [6, 6.07) is 8.48. The second kappa shape index (κ2) is 4.61. The number of nitrogens with zero attached hydrogens (tertiary/aromatic N) is 3. The van der Waals surface area contributed by atoms with E-state index in [0.717, 1.165) is 23.4 Å². The molecular weight excluding hydrogens is 290 g/mol. The molecule has 3 aromatic rings. The Kier molecular flexibility index (Phi) is 2.96. The van der Waals surface area contributed by atoms with Gasteiger partial charge in [0, 0.05) is 35.1 Å². The standard InChI is InChI=1S/C14H14BrN3/c1-2-17-8-6-16-14(17)10-18-7-5-11-3-4-12(15)9-13(11)18/h3-9H,2,10H2,1H3. The van der Waals surface area contributed by atoms with Crippen molar-refractivity contribution in [3.05, 3.63) is 53.2 Å². The molecular formula is C14H14BrN3. The Morgan fingerprint density at radius 2 is 2.06 bits per heavy atom. The lowest BCUT2D eigenvalue weighted by atomic mass is 10.2. The minimum Gasteiger partial charge on any atom is -0.340 e. The van der Waals surface area contributed by atoms with Gasteiger partial charge in [0.2, 0.25) is 0 Å². The van der Waals surface area contributed by atoms with Crippen molar-refractivity contribution < 1.29 is 0 Å². The van der Waals surface area contributed by atoms with Crippen LogP contribution in [0.3, 0.4) is 0 Å². The van der Waals surface area contributed by atoms with Gasteiger partial charge in [0.1, 0.15) is 5.82 Å². The predicted octanol–water partition coefficient (Wildman–Crippen LogP) is 3.67. The second-order valence-corrected chi connectivity index (χ2v) is 5.19. The fraction of sp³-hybridized carbons (Fsp3) is 0.214. The topological polar surface area (TPSA) is 22.8 Å². The first-order chi connectivity index (χ1) is 8.78. The van der Waals surface area contributed by atoms with Gasteiger partial charge in [-0.2, -0.15) is 0 Å². The van der Waals surface area contributed by atoms with Crippen LogP contribution in [0, 0.1) is 0 Å². The molecule has 3 nitrogen and oxygen atoms in total. The number of aryl methyl sites for hydroxylation is 1. The van der Waals surface area contributed by atoms with Gasteiger partial charge in [0.25, 0.3) is 0 Å². The number of halogens is 1. The molecule has 0 saturated heterocycles. The van der Waals surface area contributed by atoms with Gasteiger partial charge in [0.05, 0.1) is 6.54 Å². The van der Waals surface area contributed by atoms with E-state index in [4.69, 9.17) is 0 Å². The zero-order valence-electron chi connectivity index (χ0n) is 10.2. The number of imidazole rings is 1. The van der Waals surface area contributed by atoms with E-state index in [1.807, 2.05) is 12.4 Å². The van der Waals surface area contributed by atoms with Crippen molar-refractivity contribution in [3.8, 4) is 0 Å². The molecule has 2 heterocycles. The van der Waals surface area contributed by atoms with Crippen molar-refractivity contribution in [2.45, 2.75) is 20.0 Å². The van der Waals surface area contributed by atoms with Crippen LogP contribution in [-0.4, -0.2) is 14.1 Å². The maximum absolute atomic E-state index is 4.42. The molecule has 0 atom stereocenters. The highest BCUT2D eigenvalue weighted by atomic mass is 79.9. The average Bonchev–Trinajstić information content (AvgIpc) is 2.97. The highest BCUT2D eigenvalue weighted by molar-refractivity contribution is 9.10. The summed E-state index contributed by atoms with van der Waals surface area (Å²) in [4.78, 5) is 4.42. The molecule has 0 bridgehead atoms. The van der Waals surface area contributed by atoms with Crippen molar-refractivity contribution in [2.24, 2.45) is 0 Å². The van der Waals surface area contributed by atoms with Gasteiger partial charge >= 0.3 is 0 Å². The van der Waals surface area contributed by atoms with Crippen molar-refractivity contribution in [1.82, 2.24) is 14.1 Å². The van der Waals surface area contributed by atoms with E-state index in [-0.39, 0.29) is 0 Å². The van der Waals surface area contributed by atoms with E-state index >= 15 is 0 Å².